The van der Waals surface area contributed by atoms with Gasteiger partial charge >= 0.3 is 0 Å². The van der Waals surface area contributed by atoms with Crippen molar-refractivity contribution in [3.63, 3.8) is 0 Å². The van der Waals surface area contributed by atoms with E-state index in [9.17, 15) is 15.0 Å². The van der Waals surface area contributed by atoms with Gasteiger partial charge in [-0.15, -0.1) is 0 Å². The number of nitrogens with one attached hydrogen (secondary N) is 1. The van der Waals surface area contributed by atoms with Crippen LogP contribution in [0, 0.1) is 6.92 Å². The Hall–Kier alpha value is -2.69. The molecule has 0 heterocycles. The third-order valence-corrected chi connectivity index (χ3v) is 2.77. The van der Waals surface area contributed by atoms with Crippen LogP contribution in [-0.4, -0.2) is 16.1 Å². The molecule has 2 aromatic rings. The standard InChI is InChI=1S/C14H14N2O3/c1-8-2-4-10(7-11(8)15)16-14(19)9-3-5-12(17)13(18)6-9/h2-7,17-18H,15H2,1H3,(H,16,19). The Labute approximate surface area is 110 Å². The van der Waals surface area contributed by atoms with Crippen LogP contribution < -0.4 is 11.1 Å². The molecule has 0 fully saturated rings. The lowest BCUT2D eigenvalue weighted by atomic mass is 10.1. The molecule has 2 rings (SSSR count). The second-order valence-corrected chi connectivity index (χ2v) is 4.23. The van der Waals surface area contributed by atoms with E-state index < -0.39 is 5.91 Å². The number of benzene rings is 2. The van der Waals surface area contributed by atoms with Crippen molar-refractivity contribution in [3.8, 4) is 11.5 Å². The number of hydrogen-bond acceptors (Lipinski definition) is 4. The number of hydrogen-bond donors (Lipinski definition) is 4. The minimum absolute atomic E-state index is 0.245. The number of nitrogen functional groups attached to an aromatic ring is 1. The third kappa shape index (κ3) is 2.77. The Bertz CT molecular complexity index is 639. The maximum absolute atomic E-state index is 11.9. The van der Waals surface area contributed by atoms with Crippen molar-refractivity contribution >= 4 is 17.3 Å². The Balaban J connectivity index is 2.20. The molecule has 0 saturated carbocycles. The molecular formula is C14H14N2O3. The van der Waals surface area contributed by atoms with Gasteiger partial charge in [-0.2, -0.15) is 0 Å². The number of phenols is 2. The van der Waals surface area contributed by atoms with Gasteiger partial charge in [-0.25, -0.2) is 0 Å². The summed E-state index contributed by atoms with van der Waals surface area (Å²) in [5.74, 6) is -0.995. The molecule has 2 aromatic carbocycles. The summed E-state index contributed by atoms with van der Waals surface area (Å²) in [5, 5.41) is 21.2. The van der Waals surface area contributed by atoms with Gasteiger partial charge in [-0.05, 0) is 42.8 Å². The lowest BCUT2D eigenvalue weighted by molar-refractivity contribution is 0.102. The van der Waals surface area contributed by atoms with E-state index in [1.165, 1.54) is 18.2 Å². The topological polar surface area (TPSA) is 95.6 Å². The molecule has 1 amide bonds. The second-order valence-electron chi connectivity index (χ2n) is 4.23. The van der Waals surface area contributed by atoms with Gasteiger partial charge in [0.15, 0.2) is 11.5 Å². The fraction of sp³-hybridized carbons (Fsp3) is 0.0714. The molecule has 98 valence electrons. The summed E-state index contributed by atoms with van der Waals surface area (Å²) in [6, 6.07) is 9.08. The van der Waals surface area contributed by atoms with Crippen LogP contribution in [0.2, 0.25) is 0 Å². The average molecular weight is 258 g/mol. The quantitative estimate of drug-likeness (QED) is 0.490. The van der Waals surface area contributed by atoms with Crippen molar-refractivity contribution in [1.29, 1.82) is 0 Å². The van der Waals surface area contributed by atoms with Crippen molar-refractivity contribution in [1.82, 2.24) is 0 Å². The number of carbonyl (C=O) groups excluding carboxylic acids is 1. The van der Waals surface area contributed by atoms with Crippen LogP contribution in [0.5, 0.6) is 11.5 Å². The highest BCUT2D eigenvalue weighted by Crippen LogP contribution is 2.25. The minimum atomic E-state index is -0.390. The number of aryl methyl sites for hydroxylation is 1. The Morgan fingerprint density at radius 2 is 1.84 bits per heavy atom. The molecule has 0 aliphatic carbocycles. The fourth-order valence-electron chi connectivity index (χ4n) is 1.59. The van der Waals surface area contributed by atoms with Gasteiger partial charge in [-0.1, -0.05) is 6.07 Å². The maximum Gasteiger partial charge on any atom is 0.255 e. The lowest BCUT2D eigenvalue weighted by Gasteiger charge is -2.08. The monoisotopic (exact) mass is 258 g/mol. The van der Waals surface area contributed by atoms with E-state index in [2.05, 4.69) is 5.32 Å². The minimum Gasteiger partial charge on any atom is -0.504 e. The van der Waals surface area contributed by atoms with Crippen LogP contribution in [0.4, 0.5) is 11.4 Å². The first-order valence-electron chi connectivity index (χ1n) is 5.67. The molecule has 0 radical (unpaired) electrons. The number of anilines is 2. The number of aromatic hydroxyl groups is 2. The number of rotatable bonds is 2. The molecule has 0 bridgehead atoms. The van der Waals surface area contributed by atoms with Gasteiger partial charge in [0.2, 0.25) is 0 Å². The molecule has 0 atom stereocenters. The van der Waals surface area contributed by atoms with Crippen molar-refractivity contribution in [2.24, 2.45) is 0 Å². The highest BCUT2D eigenvalue weighted by molar-refractivity contribution is 6.04. The number of nitrogens with two attached hydrogens (primary N) is 1. The summed E-state index contributed by atoms with van der Waals surface area (Å²) in [4.78, 5) is 11.9. The van der Waals surface area contributed by atoms with E-state index in [4.69, 9.17) is 5.73 Å². The first-order valence-corrected chi connectivity index (χ1v) is 5.67. The summed E-state index contributed by atoms with van der Waals surface area (Å²) >= 11 is 0. The van der Waals surface area contributed by atoms with Crippen molar-refractivity contribution < 1.29 is 15.0 Å². The Kier molecular flexibility index (Phi) is 3.29. The predicted octanol–water partition coefficient (Wildman–Crippen LogP) is 2.24. The maximum atomic E-state index is 11.9. The van der Waals surface area contributed by atoms with Gasteiger partial charge in [-0.3, -0.25) is 4.79 Å². The number of amides is 1. The third-order valence-electron chi connectivity index (χ3n) is 2.77. The Morgan fingerprint density at radius 3 is 2.47 bits per heavy atom. The molecule has 5 nitrogen and oxygen atoms in total. The second kappa shape index (κ2) is 4.89. The zero-order valence-corrected chi connectivity index (χ0v) is 10.3. The SMILES string of the molecule is Cc1ccc(NC(=O)c2ccc(O)c(O)c2)cc1N. The van der Waals surface area contributed by atoms with E-state index in [1.54, 1.807) is 18.2 Å². The van der Waals surface area contributed by atoms with E-state index in [0.29, 0.717) is 11.4 Å². The average Bonchev–Trinajstić information content (AvgIpc) is 2.37. The number of carbonyl (C=O) groups is 1. The summed E-state index contributed by atoms with van der Waals surface area (Å²) in [6.45, 7) is 1.87. The zero-order chi connectivity index (χ0) is 14.0. The largest absolute Gasteiger partial charge is 0.504 e. The van der Waals surface area contributed by atoms with Gasteiger partial charge in [0.05, 0.1) is 0 Å². The van der Waals surface area contributed by atoms with E-state index in [0.717, 1.165) is 5.56 Å². The van der Waals surface area contributed by atoms with Gasteiger partial charge < -0.3 is 21.3 Å². The molecule has 0 saturated heterocycles. The van der Waals surface area contributed by atoms with Crippen LogP contribution in [0.1, 0.15) is 15.9 Å². The Morgan fingerprint density at radius 1 is 1.11 bits per heavy atom. The summed E-state index contributed by atoms with van der Waals surface area (Å²) in [6.07, 6.45) is 0. The van der Waals surface area contributed by atoms with Crippen molar-refractivity contribution in [2.45, 2.75) is 6.92 Å². The predicted molar refractivity (Wildman–Crippen MR) is 73.3 cm³/mol. The molecular weight excluding hydrogens is 244 g/mol. The number of phenolic OH excluding ortho intramolecular Hbond substituents is 2. The van der Waals surface area contributed by atoms with Crippen molar-refractivity contribution in [3.05, 3.63) is 47.5 Å². The molecule has 19 heavy (non-hydrogen) atoms. The normalized spacial score (nSPS) is 10.2. The van der Waals surface area contributed by atoms with Crippen molar-refractivity contribution in [2.75, 3.05) is 11.1 Å². The van der Waals surface area contributed by atoms with Gasteiger partial charge in [0, 0.05) is 16.9 Å². The van der Waals surface area contributed by atoms with Crippen LogP contribution in [-0.2, 0) is 0 Å². The molecule has 0 unspecified atom stereocenters. The highest BCUT2D eigenvalue weighted by Gasteiger charge is 2.09. The lowest BCUT2D eigenvalue weighted by Crippen LogP contribution is -2.12. The first-order chi connectivity index (χ1) is 8.97. The fourth-order valence-corrected chi connectivity index (χ4v) is 1.59. The van der Waals surface area contributed by atoms with E-state index in [-0.39, 0.29) is 17.1 Å². The van der Waals surface area contributed by atoms with Gasteiger partial charge in [0.25, 0.3) is 5.91 Å². The van der Waals surface area contributed by atoms with E-state index in [1.807, 2.05) is 6.92 Å². The molecule has 0 aliphatic rings. The highest BCUT2D eigenvalue weighted by atomic mass is 16.3. The summed E-state index contributed by atoms with van der Waals surface area (Å²) in [7, 11) is 0. The van der Waals surface area contributed by atoms with Crippen LogP contribution >= 0.6 is 0 Å². The summed E-state index contributed by atoms with van der Waals surface area (Å²) in [5.41, 5.74) is 8.09. The molecule has 5 heteroatoms. The molecule has 0 aromatic heterocycles. The van der Waals surface area contributed by atoms with Crippen LogP contribution in [0.25, 0.3) is 0 Å². The van der Waals surface area contributed by atoms with Crippen LogP contribution in [0.3, 0.4) is 0 Å². The molecule has 5 N–H and O–H groups in total. The first kappa shape index (κ1) is 12.8. The zero-order valence-electron chi connectivity index (χ0n) is 10.3. The summed E-state index contributed by atoms with van der Waals surface area (Å²) < 4.78 is 0. The van der Waals surface area contributed by atoms with Gasteiger partial charge in [0.1, 0.15) is 0 Å². The molecule has 0 spiro atoms. The van der Waals surface area contributed by atoms with Crippen LogP contribution in [0.15, 0.2) is 36.4 Å². The smallest absolute Gasteiger partial charge is 0.255 e. The molecule has 0 aliphatic heterocycles. The van der Waals surface area contributed by atoms with E-state index >= 15 is 0 Å².